The van der Waals surface area contributed by atoms with Crippen LogP contribution in [-0.4, -0.2) is 39.6 Å². The molecule has 0 bridgehead atoms. The van der Waals surface area contributed by atoms with E-state index in [0.29, 0.717) is 29.0 Å². The summed E-state index contributed by atoms with van der Waals surface area (Å²) in [5, 5.41) is 11.3. The van der Waals surface area contributed by atoms with E-state index >= 15 is 0 Å². The molecule has 1 heterocycles. The number of thioether (sulfide) groups is 1. The van der Waals surface area contributed by atoms with Gasteiger partial charge in [-0.05, 0) is 49.7 Å². The largest absolute Gasteiger partial charge is 0.497 e. The van der Waals surface area contributed by atoms with E-state index in [-0.39, 0.29) is 12.5 Å². The lowest BCUT2D eigenvalue weighted by Gasteiger charge is -2.14. The van der Waals surface area contributed by atoms with Gasteiger partial charge >= 0.3 is 0 Å². The number of ether oxygens (including phenoxy) is 2. The van der Waals surface area contributed by atoms with E-state index in [0.717, 1.165) is 12.2 Å². The second-order valence-electron chi connectivity index (χ2n) is 6.70. The summed E-state index contributed by atoms with van der Waals surface area (Å²) >= 11 is 1.22. The number of rotatable bonds is 10. The number of nitrogens with one attached hydrogen (secondary N) is 1. The highest BCUT2D eigenvalue weighted by Gasteiger charge is 2.22. The van der Waals surface area contributed by atoms with Crippen molar-refractivity contribution in [3.05, 3.63) is 60.2 Å². The number of hydrogen-bond acceptors (Lipinski definition) is 6. The normalized spacial score (nSPS) is 11.7. The standard InChI is InChI=1S/C22H25FN4O3S/c1-4-13-24-21(28)15(2)31-22-26-25-20(27(22)19-8-6-5-7-18(19)23)14-30-17-11-9-16(29-3)10-12-17/h5-12,15H,4,13-14H2,1-3H3,(H,24,28). The lowest BCUT2D eigenvalue weighted by Crippen LogP contribution is -2.31. The van der Waals surface area contributed by atoms with Crippen molar-refractivity contribution in [1.29, 1.82) is 0 Å². The van der Waals surface area contributed by atoms with Crippen molar-refractivity contribution in [1.82, 2.24) is 20.1 Å². The third kappa shape index (κ3) is 5.75. The van der Waals surface area contributed by atoms with E-state index in [1.807, 2.05) is 6.92 Å². The zero-order valence-corrected chi connectivity index (χ0v) is 18.5. The van der Waals surface area contributed by atoms with E-state index in [1.54, 1.807) is 61.1 Å². The Bertz CT molecular complexity index is 1010. The zero-order valence-electron chi connectivity index (χ0n) is 17.7. The average Bonchev–Trinajstić information content (AvgIpc) is 3.18. The van der Waals surface area contributed by atoms with Gasteiger partial charge < -0.3 is 14.8 Å². The van der Waals surface area contributed by atoms with Crippen LogP contribution >= 0.6 is 11.8 Å². The van der Waals surface area contributed by atoms with Gasteiger partial charge in [-0.2, -0.15) is 0 Å². The van der Waals surface area contributed by atoms with Crippen LogP contribution in [-0.2, 0) is 11.4 Å². The molecule has 2 aromatic carbocycles. The van der Waals surface area contributed by atoms with Gasteiger partial charge in [-0.1, -0.05) is 30.8 Å². The molecule has 3 aromatic rings. The molecule has 0 radical (unpaired) electrons. The Kier molecular flexibility index (Phi) is 7.88. The Labute approximate surface area is 185 Å². The number of carbonyl (C=O) groups is 1. The second-order valence-corrected chi connectivity index (χ2v) is 8.01. The number of amides is 1. The first-order valence-electron chi connectivity index (χ1n) is 9.94. The molecule has 0 spiro atoms. The molecule has 0 saturated carbocycles. The molecule has 3 rings (SSSR count). The molecule has 0 aliphatic heterocycles. The van der Waals surface area contributed by atoms with E-state index in [2.05, 4.69) is 15.5 Å². The van der Waals surface area contributed by atoms with Crippen LogP contribution in [0.25, 0.3) is 5.69 Å². The van der Waals surface area contributed by atoms with Crippen LogP contribution in [0.15, 0.2) is 53.7 Å². The molecule has 1 N–H and O–H groups in total. The number of para-hydroxylation sites is 1. The summed E-state index contributed by atoms with van der Waals surface area (Å²) in [6, 6.07) is 13.5. The van der Waals surface area contributed by atoms with Crippen LogP contribution in [0.4, 0.5) is 4.39 Å². The Morgan fingerprint density at radius 3 is 2.55 bits per heavy atom. The van der Waals surface area contributed by atoms with Gasteiger partial charge in [-0.15, -0.1) is 10.2 Å². The number of nitrogens with zero attached hydrogens (tertiary/aromatic N) is 3. The number of methoxy groups -OCH3 is 1. The molecule has 0 aliphatic rings. The molecule has 9 heteroatoms. The van der Waals surface area contributed by atoms with Crippen LogP contribution in [0.2, 0.25) is 0 Å². The summed E-state index contributed by atoms with van der Waals surface area (Å²) in [7, 11) is 1.59. The van der Waals surface area contributed by atoms with Crippen molar-refractivity contribution in [2.75, 3.05) is 13.7 Å². The highest BCUT2D eigenvalue weighted by atomic mass is 32.2. The molecular formula is C22H25FN4O3S. The molecule has 0 aliphatic carbocycles. The molecule has 1 atom stereocenters. The fraction of sp³-hybridized carbons (Fsp3) is 0.318. The third-order valence-electron chi connectivity index (χ3n) is 4.42. The van der Waals surface area contributed by atoms with Gasteiger partial charge in [0.2, 0.25) is 5.91 Å². The summed E-state index contributed by atoms with van der Waals surface area (Å²) in [5.74, 6) is 1.23. The molecule has 164 valence electrons. The van der Waals surface area contributed by atoms with Crippen LogP contribution < -0.4 is 14.8 Å². The number of carbonyl (C=O) groups excluding carboxylic acids is 1. The Morgan fingerprint density at radius 1 is 1.16 bits per heavy atom. The minimum atomic E-state index is -0.420. The van der Waals surface area contributed by atoms with Crippen molar-refractivity contribution in [3.8, 4) is 17.2 Å². The van der Waals surface area contributed by atoms with Gasteiger partial charge in [0.1, 0.15) is 23.9 Å². The third-order valence-corrected chi connectivity index (χ3v) is 5.46. The predicted molar refractivity (Wildman–Crippen MR) is 117 cm³/mol. The summed E-state index contributed by atoms with van der Waals surface area (Å²) < 4.78 is 27.2. The van der Waals surface area contributed by atoms with E-state index < -0.39 is 11.1 Å². The molecular weight excluding hydrogens is 419 g/mol. The summed E-state index contributed by atoms with van der Waals surface area (Å²) in [5.41, 5.74) is 0.296. The second kappa shape index (κ2) is 10.8. The molecule has 1 unspecified atom stereocenters. The fourth-order valence-corrected chi connectivity index (χ4v) is 3.67. The number of hydrogen-bond donors (Lipinski definition) is 1. The summed E-state index contributed by atoms with van der Waals surface area (Å²) in [4.78, 5) is 12.3. The first-order valence-corrected chi connectivity index (χ1v) is 10.8. The lowest BCUT2D eigenvalue weighted by atomic mass is 10.3. The van der Waals surface area contributed by atoms with Gasteiger partial charge in [0.25, 0.3) is 0 Å². The van der Waals surface area contributed by atoms with Gasteiger partial charge in [-0.3, -0.25) is 9.36 Å². The molecule has 7 nitrogen and oxygen atoms in total. The number of halogens is 1. The Hall–Kier alpha value is -3.07. The van der Waals surface area contributed by atoms with Crippen LogP contribution in [0, 0.1) is 5.82 Å². The van der Waals surface area contributed by atoms with Crippen molar-refractivity contribution in [2.24, 2.45) is 0 Å². The van der Waals surface area contributed by atoms with Gasteiger partial charge in [-0.25, -0.2) is 4.39 Å². The average molecular weight is 445 g/mol. The maximum Gasteiger partial charge on any atom is 0.233 e. The van der Waals surface area contributed by atoms with Crippen molar-refractivity contribution in [3.63, 3.8) is 0 Å². The SMILES string of the molecule is CCCNC(=O)C(C)Sc1nnc(COc2ccc(OC)cc2)n1-c1ccccc1F. The lowest BCUT2D eigenvalue weighted by molar-refractivity contribution is -0.120. The highest BCUT2D eigenvalue weighted by molar-refractivity contribution is 8.00. The van der Waals surface area contributed by atoms with Crippen molar-refractivity contribution in [2.45, 2.75) is 37.3 Å². The maximum atomic E-state index is 14.6. The zero-order chi connectivity index (χ0) is 22.2. The molecule has 1 aromatic heterocycles. The van der Waals surface area contributed by atoms with Crippen molar-refractivity contribution < 1.29 is 18.7 Å². The minimum absolute atomic E-state index is 0.0740. The van der Waals surface area contributed by atoms with Gasteiger partial charge in [0.05, 0.1) is 18.0 Å². The van der Waals surface area contributed by atoms with Crippen LogP contribution in [0.1, 0.15) is 26.1 Å². The monoisotopic (exact) mass is 444 g/mol. The maximum absolute atomic E-state index is 14.6. The molecule has 0 saturated heterocycles. The number of aromatic nitrogens is 3. The first kappa shape index (κ1) is 22.6. The quantitative estimate of drug-likeness (QED) is 0.476. The Balaban J connectivity index is 1.85. The predicted octanol–water partition coefficient (Wildman–Crippen LogP) is 4.00. The van der Waals surface area contributed by atoms with Crippen LogP contribution in [0.3, 0.4) is 0 Å². The topological polar surface area (TPSA) is 78.3 Å². The van der Waals surface area contributed by atoms with Gasteiger partial charge in [0, 0.05) is 6.54 Å². The van der Waals surface area contributed by atoms with E-state index in [1.165, 1.54) is 17.8 Å². The van der Waals surface area contributed by atoms with Crippen LogP contribution in [0.5, 0.6) is 11.5 Å². The minimum Gasteiger partial charge on any atom is -0.497 e. The first-order chi connectivity index (χ1) is 15.0. The van der Waals surface area contributed by atoms with Gasteiger partial charge in [0.15, 0.2) is 11.0 Å². The van der Waals surface area contributed by atoms with E-state index in [9.17, 15) is 9.18 Å². The summed E-state index contributed by atoms with van der Waals surface area (Å²) in [6.07, 6.45) is 0.849. The number of benzene rings is 2. The smallest absolute Gasteiger partial charge is 0.233 e. The Morgan fingerprint density at radius 2 is 1.87 bits per heavy atom. The summed E-state index contributed by atoms with van der Waals surface area (Å²) in [6.45, 7) is 4.45. The molecule has 1 amide bonds. The molecule has 31 heavy (non-hydrogen) atoms. The fourth-order valence-electron chi connectivity index (χ4n) is 2.77. The van der Waals surface area contributed by atoms with E-state index in [4.69, 9.17) is 9.47 Å². The van der Waals surface area contributed by atoms with Crippen molar-refractivity contribution >= 4 is 17.7 Å². The highest BCUT2D eigenvalue weighted by Crippen LogP contribution is 2.28. The molecule has 0 fully saturated rings.